The van der Waals surface area contributed by atoms with E-state index in [1.54, 1.807) is 13.0 Å². The maximum absolute atomic E-state index is 14.0. The van der Waals surface area contributed by atoms with Crippen molar-refractivity contribution in [3.8, 4) is 0 Å². The molecular formula is C15H10ClF4NO. The molecule has 0 bridgehead atoms. The van der Waals surface area contributed by atoms with E-state index in [1.165, 1.54) is 12.2 Å². The van der Waals surface area contributed by atoms with Crippen molar-refractivity contribution in [1.29, 1.82) is 0 Å². The summed E-state index contributed by atoms with van der Waals surface area (Å²) in [5.74, 6) is -1.56. The SMILES string of the molecule is C=C/C=C(\C(Cl)=C/C)c1nc2c(F)c(C(F)(F)F)ccc2o1. The van der Waals surface area contributed by atoms with Crippen LogP contribution in [0.5, 0.6) is 0 Å². The van der Waals surface area contributed by atoms with Crippen LogP contribution in [-0.2, 0) is 6.18 Å². The lowest BCUT2D eigenvalue weighted by atomic mass is 10.2. The van der Waals surface area contributed by atoms with E-state index < -0.39 is 23.1 Å². The van der Waals surface area contributed by atoms with Crippen molar-refractivity contribution < 1.29 is 22.0 Å². The molecule has 0 N–H and O–H groups in total. The average Bonchev–Trinajstić information content (AvgIpc) is 2.87. The highest BCUT2D eigenvalue weighted by Gasteiger charge is 2.35. The van der Waals surface area contributed by atoms with Gasteiger partial charge in [-0.05, 0) is 25.1 Å². The van der Waals surface area contributed by atoms with Gasteiger partial charge in [-0.2, -0.15) is 13.2 Å². The Morgan fingerprint density at radius 1 is 1.36 bits per heavy atom. The molecule has 1 aromatic heterocycles. The molecule has 0 amide bonds. The number of fused-ring (bicyclic) bond motifs is 1. The molecule has 0 radical (unpaired) electrons. The second-order valence-electron chi connectivity index (χ2n) is 4.24. The van der Waals surface area contributed by atoms with Gasteiger partial charge in [0.1, 0.15) is 5.52 Å². The predicted molar refractivity (Wildman–Crippen MR) is 76.8 cm³/mol. The van der Waals surface area contributed by atoms with E-state index in [4.69, 9.17) is 16.0 Å². The third kappa shape index (κ3) is 2.92. The molecule has 116 valence electrons. The first-order chi connectivity index (χ1) is 10.3. The number of oxazole rings is 1. The van der Waals surface area contributed by atoms with Crippen LogP contribution in [0.15, 0.2) is 46.4 Å². The number of hydrogen-bond acceptors (Lipinski definition) is 2. The summed E-state index contributed by atoms with van der Waals surface area (Å²) in [4.78, 5) is 3.79. The third-order valence-electron chi connectivity index (χ3n) is 2.83. The van der Waals surface area contributed by atoms with Crippen LogP contribution in [0.4, 0.5) is 17.6 Å². The monoisotopic (exact) mass is 331 g/mol. The molecule has 0 saturated heterocycles. The fourth-order valence-electron chi connectivity index (χ4n) is 1.82. The number of benzene rings is 1. The highest BCUT2D eigenvalue weighted by Crippen LogP contribution is 2.36. The smallest absolute Gasteiger partial charge is 0.419 e. The fourth-order valence-corrected chi connectivity index (χ4v) is 1.97. The highest BCUT2D eigenvalue weighted by molar-refractivity contribution is 6.36. The molecule has 0 spiro atoms. The van der Waals surface area contributed by atoms with Crippen molar-refractivity contribution in [3.63, 3.8) is 0 Å². The standard InChI is InChI=1S/C15H10ClF4NO/c1-3-5-8(10(16)4-2)14-21-13-11(22-14)7-6-9(12(13)17)15(18,19)20/h3-7H,1H2,2H3/b8-5+,10-4+. The van der Waals surface area contributed by atoms with Gasteiger partial charge in [0.05, 0.1) is 11.1 Å². The minimum Gasteiger partial charge on any atom is -0.436 e. The minimum atomic E-state index is -4.81. The number of aromatic nitrogens is 1. The van der Waals surface area contributed by atoms with Crippen molar-refractivity contribution in [3.05, 3.63) is 59.2 Å². The first-order valence-electron chi connectivity index (χ1n) is 6.11. The molecule has 2 rings (SSSR count). The molecule has 7 heteroatoms. The molecule has 0 aliphatic rings. The van der Waals surface area contributed by atoms with Gasteiger partial charge in [0.2, 0.25) is 5.89 Å². The molecular weight excluding hydrogens is 322 g/mol. The zero-order chi connectivity index (χ0) is 16.5. The number of allylic oxidation sites excluding steroid dienone is 5. The van der Waals surface area contributed by atoms with Crippen LogP contribution in [0.3, 0.4) is 0 Å². The van der Waals surface area contributed by atoms with Crippen LogP contribution >= 0.6 is 11.6 Å². The van der Waals surface area contributed by atoms with E-state index in [0.717, 1.165) is 6.07 Å². The van der Waals surface area contributed by atoms with E-state index >= 15 is 0 Å². The van der Waals surface area contributed by atoms with Crippen LogP contribution in [-0.4, -0.2) is 4.98 Å². The van der Waals surface area contributed by atoms with Crippen molar-refractivity contribution in [1.82, 2.24) is 4.98 Å². The minimum absolute atomic E-state index is 0.0868. The van der Waals surface area contributed by atoms with Crippen LogP contribution in [0.1, 0.15) is 18.4 Å². The number of alkyl halides is 3. The summed E-state index contributed by atoms with van der Waals surface area (Å²) in [5, 5.41) is 0.253. The molecule has 0 aliphatic heterocycles. The molecule has 22 heavy (non-hydrogen) atoms. The van der Waals surface area contributed by atoms with Gasteiger partial charge < -0.3 is 4.42 Å². The van der Waals surface area contributed by atoms with Crippen LogP contribution in [0.25, 0.3) is 16.7 Å². The van der Waals surface area contributed by atoms with E-state index in [9.17, 15) is 17.6 Å². The van der Waals surface area contributed by atoms with Crippen molar-refractivity contribution in [2.45, 2.75) is 13.1 Å². The van der Waals surface area contributed by atoms with E-state index in [2.05, 4.69) is 11.6 Å². The average molecular weight is 332 g/mol. The molecule has 0 unspecified atom stereocenters. The summed E-state index contributed by atoms with van der Waals surface area (Å²) >= 11 is 5.99. The Bertz CT molecular complexity index is 787. The Labute approximate surface area is 128 Å². The van der Waals surface area contributed by atoms with E-state index in [-0.39, 0.29) is 16.5 Å². The summed E-state index contributed by atoms with van der Waals surface area (Å²) < 4.78 is 57.4. The quantitative estimate of drug-likeness (QED) is 0.533. The van der Waals surface area contributed by atoms with Crippen molar-refractivity contribution >= 4 is 28.3 Å². The molecule has 0 atom stereocenters. The lowest BCUT2D eigenvalue weighted by molar-refractivity contribution is -0.139. The number of rotatable bonds is 3. The van der Waals surface area contributed by atoms with Crippen molar-refractivity contribution in [2.24, 2.45) is 0 Å². The second-order valence-corrected chi connectivity index (χ2v) is 4.65. The molecule has 0 fully saturated rings. The second kappa shape index (κ2) is 5.96. The third-order valence-corrected chi connectivity index (χ3v) is 3.25. The van der Waals surface area contributed by atoms with Gasteiger partial charge >= 0.3 is 6.18 Å². The maximum Gasteiger partial charge on any atom is 0.419 e. The molecule has 0 saturated carbocycles. The number of nitrogens with zero attached hydrogens (tertiary/aromatic N) is 1. The Kier molecular flexibility index (Phi) is 4.42. The largest absolute Gasteiger partial charge is 0.436 e. The van der Waals surface area contributed by atoms with Gasteiger partial charge in [-0.25, -0.2) is 9.37 Å². The summed E-state index contributed by atoms with van der Waals surface area (Å²) in [7, 11) is 0. The summed E-state index contributed by atoms with van der Waals surface area (Å²) in [5.41, 5.74) is -1.70. The Morgan fingerprint density at radius 3 is 2.59 bits per heavy atom. The number of hydrogen-bond donors (Lipinski definition) is 0. The van der Waals surface area contributed by atoms with Gasteiger partial charge in [-0.1, -0.05) is 30.3 Å². The Hall–Kier alpha value is -2.08. The topological polar surface area (TPSA) is 26.0 Å². The van der Waals surface area contributed by atoms with E-state index in [0.29, 0.717) is 11.6 Å². The van der Waals surface area contributed by atoms with Gasteiger partial charge in [0.25, 0.3) is 0 Å². The summed E-state index contributed by atoms with van der Waals surface area (Å²) in [6, 6.07) is 1.63. The normalized spacial score (nSPS) is 13.7. The van der Waals surface area contributed by atoms with Gasteiger partial charge in [-0.15, -0.1) is 0 Å². The zero-order valence-electron chi connectivity index (χ0n) is 11.3. The van der Waals surface area contributed by atoms with Crippen LogP contribution in [0.2, 0.25) is 0 Å². The first-order valence-corrected chi connectivity index (χ1v) is 6.49. The number of halogens is 5. The van der Waals surface area contributed by atoms with Gasteiger partial charge in [0.15, 0.2) is 11.4 Å². The molecule has 2 aromatic rings. The van der Waals surface area contributed by atoms with Gasteiger partial charge in [-0.3, -0.25) is 0 Å². The Balaban J connectivity index is 2.67. The van der Waals surface area contributed by atoms with E-state index in [1.807, 2.05) is 0 Å². The molecule has 0 aliphatic carbocycles. The van der Waals surface area contributed by atoms with Crippen molar-refractivity contribution in [2.75, 3.05) is 0 Å². The predicted octanol–water partition coefficient (Wildman–Crippen LogP) is 5.70. The lowest BCUT2D eigenvalue weighted by Crippen LogP contribution is -2.08. The fraction of sp³-hybridized carbons (Fsp3) is 0.133. The molecule has 1 heterocycles. The van der Waals surface area contributed by atoms with Crippen LogP contribution < -0.4 is 0 Å². The lowest BCUT2D eigenvalue weighted by Gasteiger charge is -2.06. The Morgan fingerprint density at radius 2 is 2.05 bits per heavy atom. The summed E-state index contributed by atoms with van der Waals surface area (Å²) in [6.07, 6.45) is -0.384. The molecule has 2 nitrogen and oxygen atoms in total. The zero-order valence-corrected chi connectivity index (χ0v) is 12.1. The highest BCUT2D eigenvalue weighted by atomic mass is 35.5. The molecule has 1 aromatic carbocycles. The first kappa shape index (κ1) is 16.3. The summed E-state index contributed by atoms with van der Waals surface area (Å²) in [6.45, 7) is 5.16. The van der Waals surface area contributed by atoms with Crippen LogP contribution in [0, 0.1) is 5.82 Å². The maximum atomic E-state index is 14.0. The van der Waals surface area contributed by atoms with Gasteiger partial charge in [0, 0.05) is 5.03 Å².